The van der Waals surface area contributed by atoms with E-state index in [4.69, 9.17) is 10.2 Å². The summed E-state index contributed by atoms with van der Waals surface area (Å²) in [7, 11) is 0. The SMILES string of the molecule is N[C@H]1c2ccccc2C2(CCN(Cc3ccc(C4CCNN4)o3)CC2)[C@@H]1O. The van der Waals surface area contributed by atoms with E-state index in [2.05, 4.69) is 46.1 Å². The lowest BCUT2D eigenvalue weighted by Crippen LogP contribution is -2.48. The zero-order chi connectivity index (χ0) is 18.4. The van der Waals surface area contributed by atoms with Crippen LogP contribution in [0.1, 0.15) is 54.0 Å². The van der Waals surface area contributed by atoms with Crippen molar-refractivity contribution in [1.29, 1.82) is 0 Å². The van der Waals surface area contributed by atoms with Crippen LogP contribution in [0.15, 0.2) is 40.8 Å². The van der Waals surface area contributed by atoms with Crippen LogP contribution in [0.25, 0.3) is 0 Å². The average molecular weight is 368 g/mol. The van der Waals surface area contributed by atoms with Gasteiger partial charge < -0.3 is 15.3 Å². The van der Waals surface area contributed by atoms with Gasteiger partial charge in [-0.1, -0.05) is 24.3 Å². The van der Waals surface area contributed by atoms with E-state index in [0.29, 0.717) is 0 Å². The van der Waals surface area contributed by atoms with Gasteiger partial charge in [-0.2, -0.15) is 0 Å². The second-order valence-electron chi connectivity index (χ2n) is 8.21. The largest absolute Gasteiger partial charge is 0.463 e. The van der Waals surface area contributed by atoms with Crippen molar-refractivity contribution >= 4 is 0 Å². The number of piperidine rings is 1. The van der Waals surface area contributed by atoms with E-state index >= 15 is 0 Å². The van der Waals surface area contributed by atoms with Crippen LogP contribution < -0.4 is 16.6 Å². The molecule has 0 saturated carbocycles. The first-order chi connectivity index (χ1) is 13.2. The lowest BCUT2D eigenvalue weighted by molar-refractivity contribution is 0.0256. The van der Waals surface area contributed by atoms with E-state index < -0.39 is 6.10 Å². The van der Waals surface area contributed by atoms with Gasteiger partial charge in [0.25, 0.3) is 0 Å². The number of furan rings is 1. The Labute approximate surface area is 159 Å². The van der Waals surface area contributed by atoms with Crippen LogP contribution in [0.4, 0.5) is 0 Å². The standard InChI is InChI=1S/C21H28N4O2/c22-19-15-3-1-2-4-16(15)21(20(19)26)8-11-25(12-9-21)13-14-5-6-18(27-14)17-7-10-23-24-17/h1-6,17,19-20,23-24,26H,7-13,22H2/t17?,19-,20+/m0/s1. The van der Waals surface area contributed by atoms with Gasteiger partial charge in [0.05, 0.1) is 24.7 Å². The maximum atomic E-state index is 10.9. The van der Waals surface area contributed by atoms with Crippen molar-refractivity contribution in [1.82, 2.24) is 15.8 Å². The first-order valence-corrected chi connectivity index (χ1v) is 10.00. The van der Waals surface area contributed by atoms with Gasteiger partial charge >= 0.3 is 0 Å². The minimum Gasteiger partial charge on any atom is -0.463 e. The normalized spacial score (nSPS) is 30.1. The Hall–Kier alpha value is -1.70. The molecule has 5 N–H and O–H groups in total. The zero-order valence-corrected chi connectivity index (χ0v) is 15.5. The number of nitrogens with one attached hydrogen (secondary N) is 2. The summed E-state index contributed by atoms with van der Waals surface area (Å²) >= 11 is 0. The van der Waals surface area contributed by atoms with Gasteiger partial charge in [0.2, 0.25) is 0 Å². The zero-order valence-electron chi connectivity index (χ0n) is 15.5. The van der Waals surface area contributed by atoms with Gasteiger partial charge in [0.1, 0.15) is 11.5 Å². The van der Waals surface area contributed by atoms with Gasteiger partial charge in [-0.05, 0) is 55.6 Å². The molecule has 27 heavy (non-hydrogen) atoms. The van der Waals surface area contributed by atoms with Gasteiger partial charge in [0.15, 0.2) is 0 Å². The van der Waals surface area contributed by atoms with Gasteiger partial charge in [-0.15, -0.1) is 0 Å². The highest BCUT2D eigenvalue weighted by atomic mass is 16.3. The van der Waals surface area contributed by atoms with Crippen molar-refractivity contribution in [2.24, 2.45) is 5.73 Å². The molecule has 2 saturated heterocycles. The molecule has 2 aliphatic heterocycles. The third kappa shape index (κ3) is 2.83. The molecule has 144 valence electrons. The quantitative estimate of drug-likeness (QED) is 0.660. The Morgan fingerprint density at radius 2 is 2.00 bits per heavy atom. The molecular formula is C21H28N4O2. The maximum absolute atomic E-state index is 10.9. The number of nitrogens with two attached hydrogens (primary N) is 1. The summed E-state index contributed by atoms with van der Waals surface area (Å²) in [6.45, 7) is 3.68. The lowest BCUT2D eigenvalue weighted by atomic mass is 9.72. The summed E-state index contributed by atoms with van der Waals surface area (Å²) in [6.07, 6.45) is 2.42. The van der Waals surface area contributed by atoms with E-state index in [9.17, 15) is 5.11 Å². The number of aliphatic hydroxyl groups is 1. The van der Waals surface area contributed by atoms with E-state index in [1.807, 2.05) is 6.07 Å². The topological polar surface area (TPSA) is 86.7 Å². The van der Waals surface area contributed by atoms with Crippen molar-refractivity contribution in [3.8, 4) is 0 Å². The van der Waals surface area contributed by atoms with Crippen molar-refractivity contribution in [2.45, 2.75) is 49.4 Å². The fraction of sp³-hybridized carbons (Fsp3) is 0.524. The minimum atomic E-state index is -0.492. The molecule has 6 nitrogen and oxygen atoms in total. The summed E-state index contributed by atoms with van der Waals surface area (Å²) in [4.78, 5) is 2.42. The maximum Gasteiger partial charge on any atom is 0.122 e. The number of rotatable bonds is 3. The number of benzene rings is 1. The Morgan fingerprint density at radius 3 is 2.78 bits per heavy atom. The van der Waals surface area contributed by atoms with Crippen LogP contribution in [0.5, 0.6) is 0 Å². The van der Waals surface area contributed by atoms with Crippen molar-refractivity contribution < 1.29 is 9.52 Å². The fourth-order valence-electron chi connectivity index (χ4n) is 5.17. The molecule has 3 heterocycles. The highest BCUT2D eigenvalue weighted by Crippen LogP contribution is 2.50. The second-order valence-corrected chi connectivity index (χ2v) is 8.21. The Balaban J connectivity index is 1.27. The number of hydrogen-bond donors (Lipinski definition) is 4. The molecule has 0 amide bonds. The summed E-state index contributed by atoms with van der Waals surface area (Å²) in [5.41, 5.74) is 14.9. The van der Waals surface area contributed by atoms with Crippen LogP contribution in [-0.2, 0) is 12.0 Å². The first-order valence-electron chi connectivity index (χ1n) is 10.00. The Kier molecular flexibility index (Phi) is 4.33. The number of hydrogen-bond acceptors (Lipinski definition) is 6. The summed E-state index contributed by atoms with van der Waals surface area (Å²) in [5, 5.41) is 10.9. The predicted octanol–water partition coefficient (Wildman–Crippen LogP) is 1.73. The fourth-order valence-corrected chi connectivity index (χ4v) is 5.17. The molecule has 3 atom stereocenters. The van der Waals surface area contributed by atoms with E-state index in [0.717, 1.165) is 62.5 Å². The molecule has 2 fully saturated rings. The molecule has 1 aliphatic carbocycles. The van der Waals surface area contributed by atoms with Crippen molar-refractivity contribution in [3.05, 3.63) is 59.0 Å². The molecule has 6 heteroatoms. The summed E-state index contributed by atoms with van der Waals surface area (Å²) in [5.74, 6) is 2.02. The molecule has 5 rings (SSSR count). The lowest BCUT2D eigenvalue weighted by Gasteiger charge is -2.42. The van der Waals surface area contributed by atoms with E-state index in [-0.39, 0.29) is 17.5 Å². The number of nitrogens with zero attached hydrogens (tertiary/aromatic N) is 1. The minimum absolute atomic E-state index is 0.194. The molecule has 2 aromatic rings. The molecule has 3 aliphatic rings. The number of aliphatic hydroxyl groups excluding tert-OH is 1. The van der Waals surface area contributed by atoms with Crippen LogP contribution in [-0.4, -0.2) is 35.7 Å². The number of likely N-dealkylation sites (tertiary alicyclic amines) is 1. The van der Waals surface area contributed by atoms with Gasteiger partial charge in [-0.25, -0.2) is 5.43 Å². The summed E-state index contributed by atoms with van der Waals surface area (Å²) < 4.78 is 6.07. The van der Waals surface area contributed by atoms with Crippen molar-refractivity contribution in [2.75, 3.05) is 19.6 Å². The number of fused-ring (bicyclic) bond motifs is 2. The van der Waals surface area contributed by atoms with Crippen LogP contribution in [0.3, 0.4) is 0 Å². The molecule has 1 aromatic heterocycles. The molecule has 0 radical (unpaired) electrons. The molecular weight excluding hydrogens is 340 g/mol. The highest BCUT2D eigenvalue weighted by Gasteiger charge is 2.51. The van der Waals surface area contributed by atoms with E-state index in [1.54, 1.807) is 0 Å². The Bertz CT molecular complexity index is 806. The third-order valence-electron chi connectivity index (χ3n) is 6.75. The van der Waals surface area contributed by atoms with Gasteiger partial charge in [-0.3, -0.25) is 10.3 Å². The highest BCUT2D eigenvalue weighted by molar-refractivity contribution is 5.45. The monoisotopic (exact) mass is 368 g/mol. The second kappa shape index (κ2) is 6.72. The molecule has 1 aromatic carbocycles. The van der Waals surface area contributed by atoms with Crippen LogP contribution in [0, 0.1) is 0 Å². The molecule has 0 bridgehead atoms. The average Bonchev–Trinajstić information content (AvgIpc) is 3.42. The van der Waals surface area contributed by atoms with Crippen LogP contribution >= 0.6 is 0 Å². The first kappa shape index (κ1) is 17.4. The molecule has 1 spiro atoms. The smallest absolute Gasteiger partial charge is 0.122 e. The number of hydrazine groups is 1. The summed E-state index contributed by atoms with van der Waals surface area (Å²) in [6, 6.07) is 12.5. The predicted molar refractivity (Wildman–Crippen MR) is 103 cm³/mol. The molecule has 1 unspecified atom stereocenters. The van der Waals surface area contributed by atoms with Crippen molar-refractivity contribution in [3.63, 3.8) is 0 Å². The Morgan fingerprint density at radius 1 is 1.19 bits per heavy atom. The van der Waals surface area contributed by atoms with Gasteiger partial charge in [0, 0.05) is 12.0 Å². The van der Waals surface area contributed by atoms with E-state index in [1.165, 1.54) is 5.56 Å². The third-order valence-corrected chi connectivity index (χ3v) is 6.75. The van der Waals surface area contributed by atoms with Crippen LogP contribution in [0.2, 0.25) is 0 Å².